The van der Waals surface area contributed by atoms with Gasteiger partial charge in [0.15, 0.2) is 0 Å². The lowest BCUT2D eigenvalue weighted by Gasteiger charge is -2.19. The van der Waals surface area contributed by atoms with E-state index in [-0.39, 0.29) is 38.1 Å². The van der Waals surface area contributed by atoms with Crippen LogP contribution in [0.5, 0.6) is 0 Å². The molecule has 1 aliphatic carbocycles. The van der Waals surface area contributed by atoms with Gasteiger partial charge in [0.1, 0.15) is 10.7 Å². The Morgan fingerprint density at radius 3 is 1.91 bits per heavy atom. The fraction of sp³-hybridized carbons (Fsp3) is 0. The van der Waals surface area contributed by atoms with Gasteiger partial charge in [-0.15, -0.1) is 0 Å². The van der Waals surface area contributed by atoms with E-state index in [2.05, 4.69) is 10.0 Å². The van der Waals surface area contributed by atoms with Crippen LogP contribution < -0.4 is 10.0 Å². The molecule has 1 aliphatic rings. The number of benzene rings is 3. The Kier molecular flexibility index (Phi) is 5.71. The minimum absolute atomic E-state index is 0.0807. The number of nitrogens with one attached hydrogen (secondary N) is 2. The smallest absolute Gasteiger partial charge is 0.269 e. The van der Waals surface area contributed by atoms with E-state index in [0.717, 1.165) is 0 Å². The number of nitro benzene ring substituents is 1. The molecule has 0 radical (unpaired) electrons. The zero-order chi connectivity index (χ0) is 23.8. The van der Waals surface area contributed by atoms with Crippen LogP contribution in [0.1, 0.15) is 20.7 Å². The van der Waals surface area contributed by atoms with Crippen molar-refractivity contribution in [3.63, 3.8) is 0 Å². The van der Waals surface area contributed by atoms with Gasteiger partial charge >= 0.3 is 0 Å². The van der Waals surface area contributed by atoms with Gasteiger partial charge in [0.2, 0.25) is 11.6 Å². The molecular weight excluding hydrogens is 470 g/mol. The highest BCUT2D eigenvalue weighted by Gasteiger charge is 2.31. The van der Waals surface area contributed by atoms with E-state index in [4.69, 9.17) is 11.6 Å². The number of ketones is 2. The first kappa shape index (κ1) is 22.2. The number of carbonyl (C=O) groups excluding carboxylic acids is 2. The van der Waals surface area contributed by atoms with Gasteiger partial charge < -0.3 is 5.32 Å². The van der Waals surface area contributed by atoms with Crippen LogP contribution in [0, 0.1) is 10.1 Å². The minimum atomic E-state index is -3.97. The highest BCUT2D eigenvalue weighted by molar-refractivity contribution is 7.92. The second-order valence-electron chi connectivity index (χ2n) is 6.95. The zero-order valence-corrected chi connectivity index (χ0v) is 18.2. The van der Waals surface area contributed by atoms with Gasteiger partial charge in [-0.3, -0.25) is 24.4 Å². The van der Waals surface area contributed by atoms with Crippen LogP contribution in [0.3, 0.4) is 0 Å². The number of Topliss-reactive ketones (excluding diaryl/α,β-unsaturated/α-hetero) is 2. The summed E-state index contributed by atoms with van der Waals surface area (Å²) in [6.07, 6.45) is 0. The molecular formula is C22H14ClN3O6S. The molecule has 0 bridgehead atoms. The molecule has 4 rings (SSSR count). The summed E-state index contributed by atoms with van der Waals surface area (Å²) < 4.78 is 27.6. The van der Waals surface area contributed by atoms with E-state index in [1.54, 1.807) is 12.1 Å². The van der Waals surface area contributed by atoms with E-state index in [1.165, 1.54) is 60.7 Å². The fourth-order valence-corrected chi connectivity index (χ4v) is 4.48. The molecule has 9 nitrogen and oxygen atoms in total. The molecule has 3 aromatic rings. The van der Waals surface area contributed by atoms with Crippen LogP contribution in [-0.4, -0.2) is 24.9 Å². The molecule has 0 aromatic heterocycles. The van der Waals surface area contributed by atoms with E-state index in [1.807, 2.05) is 0 Å². The first-order chi connectivity index (χ1) is 15.7. The zero-order valence-electron chi connectivity index (χ0n) is 16.6. The number of hydrogen-bond donors (Lipinski definition) is 2. The molecule has 3 aromatic carbocycles. The molecule has 0 aliphatic heterocycles. The summed E-state index contributed by atoms with van der Waals surface area (Å²) in [5.41, 5.74) is 0.681. The first-order valence-electron chi connectivity index (χ1n) is 9.40. The van der Waals surface area contributed by atoms with E-state index in [9.17, 15) is 28.1 Å². The van der Waals surface area contributed by atoms with Crippen LogP contribution in [0.2, 0.25) is 0 Å². The highest BCUT2D eigenvalue weighted by Crippen LogP contribution is 2.30. The van der Waals surface area contributed by atoms with Crippen molar-refractivity contribution in [2.45, 2.75) is 4.90 Å². The number of nitrogens with zero attached hydrogens (tertiary/aromatic N) is 1. The normalized spacial score (nSPS) is 13.5. The van der Waals surface area contributed by atoms with Gasteiger partial charge in [-0.1, -0.05) is 35.9 Å². The second kappa shape index (κ2) is 8.49. The highest BCUT2D eigenvalue weighted by atomic mass is 35.5. The van der Waals surface area contributed by atoms with Gasteiger partial charge in [-0.25, -0.2) is 8.42 Å². The third kappa shape index (κ3) is 4.34. The van der Waals surface area contributed by atoms with Gasteiger partial charge in [-0.2, -0.15) is 0 Å². The predicted molar refractivity (Wildman–Crippen MR) is 122 cm³/mol. The topological polar surface area (TPSA) is 135 Å². The number of carbonyl (C=O) groups is 2. The molecule has 33 heavy (non-hydrogen) atoms. The van der Waals surface area contributed by atoms with Crippen LogP contribution in [0.25, 0.3) is 0 Å². The largest absolute Gasteiger partial charge is 0.351 e. The van der Waals surface area contributed by atoms with Crippen molar-refractivity contribution in [1.29, 1.82) is 0 Å². The number of fused-ring (bicyclic) bond motifs is 1. The van der Waals surface area contributed by atoms with Gasteiger partial charge in [-0.05, 0) is 36.4 Å². The summed E-state index contributed by atoms with van der Waals surface area (Å²) in [6, 6.07) is 16.7. The number of sulfonamides is 1. The number of non-ortho nitro benzene ring substituents is 1. The van der Waals surface area contributed by atoms with Crippen LogP contribution >= 0.6 is 11.6 Å². The van der Waals surface area contributed by atoms with Crippen molar-refractivity contribution in [1.82, 2.24) is 0 Å². The molecule has 0 fully saturated rings. The average molecular weight is 484 g/mol. The van der Waals surface area contributed by atoms with Crippen LogP contribution in [0.15, 0.2) is 88.4 Å². The molecule has 2 N–H and O–H groups in total. The molecule has 11 heteroatoms. The Labute approximate surface area is 192 Å². The Hall–Kier alpha value is -4.02. The van der Waals surface area contributed by atoms with Crippen molar-refractivity contribution in [2.24, 2.45) is 0 Å². The minimum Gasteiger partial charge on any atom is -0.351 e. The van der Waals surface area contributed by atoms with Gasteiger partial charge in [0.05, 0.1) is 9.82 Å². The van der Waals surface area contributed by atoms with Gasteiger partial charge in [0, 0.05) is 34.6 Å². The number of hydrogen-bond acceptors (Lipinski definition) is 7. The average Bonchev–Trinajstić information content (AvgIpc) is 2.81. The lowest BCUT2D eigenvalue weighted by atomic mass is 9.92. The van der Waals surface area contributed by atoms with Crippen molar-refractivity contribution >= 4 is 50.3 Å². The number of rotatable bonds is 6. The van der Waals surface area contributed by atoms with E-state index < -0.39 is 26.5 Å². The molecule has 0 saturated heterocycles. The Morgan fingerprint density at radius 2 is 1.33 bits per heavy atom. The van der Waals surface area contributed by atoms with Crippen molar-refractivity contribution in [3.8, 4) is 0 Å². The molecule has 0 heterocycles. The Morgan fingerprint density at radius 1 is 0.788 bits per heavy atom. The Balaban J connectivity index is 1.54. The maximum absolute atomic E-state index is 12.8. The molecule has 0 amide bonds. The Bertz CT molecular complexity index is 1430. The predicted octanol–water partition coefficient (Wildman–Crippen LogP) is 4.34. The lowest BCUT2D eigenvalue weighted by Crippen LogP contribution is -2.24. The monoisotopic (exact) mass is 483 g/mol. The summed E-state index contributed by atoms with van der Waals surface area (Å²) >= 11 is 6.13. The lowest BCUT2D eigenvalue weighted by molar-refractivity contribution is -0.384. The molecule has 0 unspecified atom stereocenters. The van der Waals surface area contributed by atoms with E-state index >= 15 is 0 Å². The summed E-state index contributed by atoms with van der Waals surface area (Å²) in [5.74, 6) is -0.937. The summed E-state index contributed by atoms with van der Waals surface area (Å²) in [6.45, 7) is 0. The summed E-state index contributed by atoms with van der Waals surface area (Å²) in [7, 11) is -3.97. The second-order valence-corrected chi connectivity index (χ2v) is 9.01. The number of anilines is 2. The van der Waals surface area contributed by atoms with Crippen molar-refractivity contribution in [3.05, 3.63) is 105 Å². The van der Waals surface area contributed by atoms with E-state index in [0.29, 0.717) is 5.69 Å². The SMILES string of the molecule is O=C1C(Cl)=C(Nc2ccc(S(=O)(=O)Nc3ccc([N+](=O)[O-])cc3)cc2)C(=O)c2ccccc21. The molecule has 166 valence electrons. The fourth-order valence-electron chi connectivity index (χ4n) is 3.18. The molecule has 0 saturated carbocycles. The maximum atomic E-state index is 12.8. The number of allylic oxidation sites excluding steroid dienone is 2. The van der Waals surface area contributed by atoms with Crippen molar-refractivity contribution in [2.75, 3.05) is 10.0 Å². The van der Waals surface area contributed by atoms with Crippen molar-refractivity contribution < 1.29 is 22.9 Å². The number of nitro groups is 1. The molecule has 0 atom stereocenters. The van der Waals surface area contributed by atoms with Crippen LogP contribution in [-0.2, 0) is 10.0 Å². The number of halogens is 1. The van der Waals surface area contributed by atoms with Crippen LogP contribution in [0.4, 0.5) is 17.1 Å². The standard InChI is InChI=1S/C22H14ClN3O6S/c23-19-20(22(28)18-4-2-1-3-17(18)21(19)27)24-13-7-11-16(12-8-13)33(31,32)25-14-5-9-15(10-6-14)26(29)30/h1-12,24-25H. The molecule has 0 spiro atoms. The maximum Gasteiger partial charge on any atom is 0.269 e. The third-order valence-corrected chi connectivity index (χ3v) is 6.58. The summed E-state index contributed by atoms with van der Waals surface area (Å²) in [4.78, 5) is 35.3. The first-order valence-corrected chi connectivity index (χ1v) is 11.3. The quantitative estimate of drug-likeness (QED) is 0.393. The summed E-state index contributed by atoms with van der Waals surface area (Å²) in [5, 5.41) is 13.3. The van der Waals surface area contributed by atoms with Gasteiger partial charge in [0.25, 0.3) is 15.7 Å². The third-order valence-electron chi connectivity index (χ3n) is 4.83.